The number of rotatable bonds is 4. The van der Waals surface area contributed by atoms with Gasteiger partial charge in [-0.1, -0.05) is 0 Å². The second kappa shape index (κ2) is 4.30. The van der Waals surface area contributed by atoms with Crippen LogP contribution in [0.5, 0.6) is 5.88 Å². The maximum atomic E-state index is 5.44. The molecule has 1 N–H and O–H groups in total. The minimum Gasteiger partial charge on any atom is -0.481 e. The molecule has 0 unspecified atom stereocenters. The van der Waals surface area contributed by atoms with E-state index in [1.807, 2.05) is 6.07 Å². The van der Waals surface area contributed by atoms with Crippen molar-refractivity contribution in [2.45, 2.75) is 30.3 Å². The van der Waals surface area contributed by atoms with Gasteiger partial charge in [0.05, 0.1) is 20.3 Å². The third-order valence-electron chi connectivity index (χ3n) is 4.93. The summed E-state index contributed by atoms with van der Waals surface area (Å²) in [4.78, 5) is 10.9. The second-order valence-corrected chi connectivity index (χ2v) is 6.21. The van der Waals surface area contributed by atoms with Gasteiger partial charge in [-0.25, -0.2) is 9.97 Å². The maximum Gasteiger partial charge on any atom is 0.218 e. The van der Waals surface area contributed by atoms with Crippen LogP contribution in [0.4, 0.5) is 5.82 Å². The Morgan fingerprint density at radius 2 is 2.00 bits per heavy atom. The van der Waals surface area contributed by atoms with Gasteiger partial charge in [0.2, 0.25) is 5.88 Å². The van der Waals surface area contributed by atoms with Crippen molar-refractivity contribution in [1.29, 1.82) is 0 Å². The number of nitrogens with zero attached hydrogens (tertiary/aromatic N) is 3. The monoisotopic (exact) mass is 276 g/mol. The number of methoxy groups -OCH3 is 1. The van der Waals surface area contributed by atoms with Gasteiger partial charge in [-0.3, -0.25) is 4.90 Å². The molecule has 5 rings (SSSR count). The van der Waals surface area contributed by atoms with E-state index in [2.05, 4.69) is 20.2 Å². The van der Waals surface area contributed by atoms with E-state index < -0.39 is 0 Å². The number of ether oxygens (including phenoxy) is 2. The van der Waals surface area contributed by atoms with Gasteiger partial charge in [0, 0.05) is 30.2 Å². The number of nitrogens with one attached hydrogen (secondary N) is 1. The van der Waals surface area contributed by atoms with Crippen LogP contribution in [0.2, 0.25) is 0 Å². The van der Waals surface area contributed by atoms with Gasteiger partial charge in [0.15, 0.2) is 0 Å². The average Bonchev–Trinajstić information content (AvgIpc) is 2.42. The van der Waals surface area contributed by atoms with E-state index in [1.165, 1.54) is 19.3 Å². The fraction of sp³-hybridized carbons (Fsp3) is 0.714. The minimum atomic E-state index is 0.248. The number of hydrogen-bond donors (Lipinski definition) is 1. The van der Waals surface area contributed by atoms with Crippen molar-refractivity contribution in [2.24, 2.45) is 0 Å². The molecule has 2 bridgehead atoms. The van der Waals surface area contributed by atoms with Gasteiger partial charge >= 0.3 is 0 Å². The highest BCUT2D eigenvalue weighted by molar-refractivity contribution is 5.47. The Labute approximate surface area is 118 Å². The molecule has 20 heavy (non-hydrogen) atoms. The lowest BCUT2D eigenvalue weighted by molar-refractivity contribution is -0.172. The molecule has 0 amide bonds. The zero-order chi connectivity index (χ0) is 13.6. The quantitative estimate of drug-likeness (QED) is 0.882. The molecule has 108 valence electrons. The zero-order valence-electron chi connectivity index (χ0n) is 11.8. The highest BCUT2D eigenvalue weighted by Crippen LogP contribution is 2.64. The van der Waals surface area contributed by atoms with Crippen LogP contribution >= 0.6 is 0 Å². The third kappa shape index (κ3) is 1.78. The van der Waals surface area contributed by atoms with Crippen LogP contribution in [0.1, 0.15) is 19.3 Å². The van der Waals surface area contributed by atoms with Crippen LogP contribution in [0.15, 0.2) is 12.4 Å². The first kappa shape index (κ1) is 12.3. The molecule has 0 spiro atoms. The highest BCUT2D eigenvalue weighted by atomic mass is 16.5. The van der Waals surface area contributed by atoms with Gasteiger partial charge in [0.1, 0.15) is 12.1 Å². The molecule has 1 saturated heterocycles. The van der Waals surface area contributed by atoms with Crippen molar-refractivity contribution in [3.8, 4) is 5.88 Å². The largest absolute Gasteiger partial charge is 0.481 e. The van der Waals surface area contributed by atoms with E-state index >= 15 is 0 Å². The molecule has 0 aromatic carbocycles. The summed E-state index contributed by atoms with van der Waals surface area (Å²) in [6, 6.07) is 1.86. The molecule has 1 aromatic rings. The van der Waals surface area contributed by atoms with Crippen molar-refractivity contribution < 1.29 is 9.47 Å². The van der Waals surface area contributed by atoms with Gasteiger partial charge in [-0.2, -0.15) is 0 Å². The van der Waals surface area contributed by atoms with Crippen LogP contribution in [-0.2, 0) is 4.74 Å². The molecule has 1 aromatic heterocycles. The summed E-state index contributed by atoms with van der Waals surface area (Å²) in [6.45, 7) is 3.92. The Balaban J connectivity index is 1.39. The Hall–Kier alpha value is -1.40. The van der Waals surface area contributed by atoms with Crippen molar-refractivity contribution in [1.82, 2.24) is 14.9 Å². The predicted octanol–water partition coefficient (Wildman–Crippen LogP) is 0.904. The summed E-state index contributed by atoms with van der Waals surface area (Å²) in [7, 11) is 1.63. The van der Waals surface area contributed by atoms with Crippen molar-refractivity contribution in [3.63, 3.8) is 0 Å². The Kier molecular flexibility index (Phi) is 2.65. The Morgan fingerprint density at radius 1 is 1.25 bits per heavy atom. The first-order valence-corrected chi connectivity index (χ1v) is 7.21. The van der Waals surface area contributed by atoms with Crippen molar-refractivity contribution >= 4 is 5.82 Å². The van der Waals surface area contributed by atoms with E-state index in [4.69, 9.17) is 9.47 Å². The molecule has 6 heteroatoms. The smallest absolute Gasteiger partial charge is 0.218 e. The topological polar surface area (TPSA) is 59.5 Å². The number of hydrogen-bond acceptors (Lipinski definition) is 6. The molecule has 4 fully saturated rings. The van der Waals surface area contributed by atoms with Crippen molar-refractivity contribution in [3.05, 3.63) is 12.4 Å². The summed E-state index contributed by atoms with van der Waals surface area (Å²) in [5.74, 6) is 1.48. The van der Waals surface area contributed by atoms with Gasteiger partial charge in [-0.15, -0.1) is 0 Å². The third-order valence-corrected chi connectivity index (χ3v) is 4.93. The van der Waals surface area contributed by atoms with Crippen LogP contribution in [0, 0.1) is 0 Å². The summed E-state index contributed by atoms with van der Waals surface area (Å²) >= 11 is 0. The normalized spacial score (nSPS) is 35.9. The molecule has 3 aliphatic carbocycles. The van der Waals surface area contributed by atoms with E-state index in [-0.39, 0.29) is 5.54 Å². The van der Waals surface area contributed by atoms with E-state index in [9.17, 15) is 0 Å². The summed E-state index contributed by atoms with van der Waals surface area (Å²) < 4.78 is 10.6. The first-order chi connectivity index (χ1) is 9.74. The molecule has 2 heterocycles. The Morgan fingerprint density at radius 3 is 2.70 bits per heavy atom. The fourth-order valence-corrected chi connectivity index (χ4v) is 4.03. The van der Waals surface area contributed by atoms with E-state index in [1.54, 1.807) is 13.4 Å². The van der Waals surface area contributed by atoms with Crippen LogP contribution in [-0.4, -0.2) is 59.4 Å². The lowest BCUT2D eigenvalue weighted by atomic mass is 9.43. The SMILES string of the molecule is COc1cc(NC23CC(N4CCOCC4)(C2)C3)ncn1. The number of aromatic nitrogens is 2. The average molecular weight is 276 g/mol. The van der Waals surface area contributed by atoms with Gasteiger partial charge in [0.25, 0.3) is 0 Å². The standard InChI is InChI=1S/C14H20N4O2/c1-19-12-6-11(15-10-16-12)17-13-7-14(8-13,9-13)18-2-4-20-5-3-18/h6,10H,2-5,7-9H2,1H3,(H,15,16,17). The lowest BCUT2D eigenvalue weighted by Gasteiger charge is -2.74. The van der Waals surface area contributed by atoms with Gasteiger partial charge in [-0.05, 0) is 19.3 Å². The second-order valence-electron chi connectivity index (χ2n) is 6.21. The molecule has 3 saturated carbocycles. The summed E-state index contributed by atoms with van der Waals surface area (Å²) in [5.41, 5.74) is 0.686. The first-order valence-electron chi connectivity index (χ1n) is 7.21. The fourth-order valence-electron chi connectivity index (χ4n) is 4.03. The number of morpholine rings is 1. The minimum absolute atomic E-state index is 0.248. The van der Waals surface area contributed by atoms with E-state index in [0.717, 1.165) is 32.1 Å². The molecular formula is C14H20N4O2. The van der Waals surface area contributed by atoms with Crippen LogP contribution < -0.4 is 10.1 Å². The van der Waals surface area contributed by atoms with E-state index in [0.29, 0.717) is 11.4 Å². The zero-order valence-corrected chi connectivity index (χ0v) is 11.8. The summed E-state index contributed by atoms with van der Waals surface area (Å²) in [5, 5.41) is 3.57. The van der Waals surface area contributed by atoms with Crippen LogP contribution in [0.25, 0.3) is 0 Å². The molecule has 6 nitrogen and oxygen atoms in total. The molecule has 1 aliphatic heterocycles. The highest BCUT2D eigenvalue weighted by Gasteiger charge is 2.70. The van der Waals surface area contributed by atoms with Crippen LogP contribution in [0.3, 0.4) is 0 Å². The molecule has 4 aliphatic rings. The molecule has 0 atom stereocenters. The Bertz CT molecular complexity index is 496. The number of anilines is 1. The van der Waals surface area contributed by atoms with Gasteiger partial charge < -0.3 is 14.8 Å². The maximum absolute atomic E-state index is 5.44. The molecule has 0 radical (unpaired) electrons. The summed E-state index contributed by atoms with van der Waals surface area (Å²) in [6.07, 6.45) is 5.19. The van der Waals surface area contributed by atoms with Crippen molar-refractivity contribution in [2.75, 3.05) is 38.7 Å². The lowest BCUT2D eigenvalue weighted by Crippen LogP contribution is -2.82. The predicted molar refractivity (Wildman–Crippen MR) is 73.9 cm³/mol. The molecular weight excluding hydrogens is 256 g/mol.